The molecule has 1 amide bonds. The quantitative estimate of drug-likeness (QED) is 0.419. The monoisotopic (exact) mass is 573 g/mol. The number of carbonyl (C=O) groups excluding carboxylic acids is 2. The van der Waals surface area contributed by atoms with Crippen molar-refractivity contribution in [3.8, 4) is 5.75 Å². The smallest absolute Gasteiger partial charge is 0.243 e. The standard InChI is InChI=1S/C16H24N2O.C15H23NO4S/c1-4-18(13(2)19)12-14-5-6-15-7-9-17(3)10-8-16(15)11-14;1-6-7-13(17)10-16(4)21(18,19)15-11(2)8-14(20-5)9-12(15)3/h5-6,11H,4,7-10,12H2,1-3H3;8-9H,6-7,10H2,1-5H3. The third kappa shape index (κ3) is 9.14. The Bertz CT molecular complexity index is 1250. The number of fused-ring (bicyclic) bond motifs is 1. The molecule has 0 aromatic heterocycles. The first-order chi connectivity index (χ1) is 18.8. The Hall–Kier alpha value is -2.75. The van der Waals surface area contributed by atoms with Gasteiger partial charge in [0.1, 0.15) is 11.5 Å². The van der Waals surface area contributed by atoms with E-state index < -0.39 is 10.0 Å². The van der Waals surface area contributed by atoms with Gasteiger partial charge >= 0.3 is 0 Å². The van der Waals surface area contributed by atoms with Crippen LogP contribution in [0.1, 0.15) is 61.4 Å². The third-order valence-corrected chi connectivity index (χ3v) is 9.37. The SMILES string of the molecule is CCCC(=O)CN(C)S(=O)(=O)c1c(C)cc(OC)cc1C.CCN(Cc1ccc2c(c1)CCN(C)CC2)C(C)=O. The van der Waals surface area contributed by atoms with Crippen molar-refractivity contribution >= 4 is 21.7 Å². The van der Waals surface area contributed by atoms with E-state index in [-0.39, 0.29) is 23.1 Å². The van der Waals surface area contributed by atoms with E-state index >= 15 is 0 Å². The average molecular weight is 574 g/mol. The summed E-state index contributed by atoms with van der Waals surface area (Å²) in [5, 5.41) is 0. The van der Waals surface area contributed by atoms with Crippen LogP contribution in [0.25, 0.3) is 0 Å². The van der Waals surface area contributed by atoms with Gasteiger partial charge in [0.05, 0.1) is 18.6 Å². The lowest BCUT2D eigenvalue weighted by Gasteiger charge is -2.20. The summed E-state index contributed by atoms with van der Waals surface area (Å²) < 4.78 is 31.5. The van der Waals surface area contributed by atoms with Gasteiger partial charge in [-0.05, 0) is 87.0 Å². The Labute approximate surface area is 241 Å². The molecule has 9 heteroatoms. The van der Waals surface area contributed by atoms with Crippen LogP contribution in [0.2, 0.25) is 0 Å². The highest BCUT2D eigenvalue weighted by Gasteiger charge is 2.26. The summed E-state index contributed by atoms with van der Waals surface area (Å²) in [6.07, 6.45) is 3.36. The number of Topliss-reactive ketones (excluding diaryl/α,β-unsaturated/α-hetero) is 1. The van der Waals surface area contributed by atoms with Gasteiger partial charge in [0.25, 0.3) is 0 Å². The van der Waals surface area contributed by atoms with E-state index in [0.717, 1.165) is 43.3 Å². The fourth-order valence-electron chi connectivity index (χ4n) is 4.94. The van der Waals surface area contributed by atoms with Crippen molar-refractivity contribution in [3.63, 3.8) is 0 Å². The van der Waals surface area contributed by atoms with Gasteiger partial charge in [-0.1, -0.05) is 25.1 Å². The van der Waals surface area contributed by atoms with Gasteiger partial charge in [-0.15, -0.1) is 0 Å². The molecule has 2 aromatic rings. The lowest BCUT2D eigenvalue weighted by Crippen LogP contribution is -2.33. The minimum absolute atomic E-state index is 0.0765. The predicted molar refractivity (Wildman–Crippen MR) is 160 cm³/mol. The first kappa shape index (κ1) is 33.5. The number of benzene rings is 2. The molecule has 0 fully saturated rings. The molecule has 0 unspecified atom stereocenters. The van der Waals surface area contributed by atoms with Gasteiger partial charge in [0.2, 0.25) is 15.9 Å². The molecule has 0 spiro atoms. The van der Waals surface area contributed by atoms with E-state index in [1.807, 2.05) is 18.7 Å². The molecule has 0 saturated carbocycles. The molecule has 8 nitrogen and oxygen atoms in total. The molecule has 0 bridgehead atoms. The Morgan fingerprint density at radius 2 is 1.60 bits per heavy atom. The van der Waals surface area contributed by atoms with Crippen LogP contribution in [0.4, 0.5) is 0 Å². The Morgan fingerprint density at radius 1 is 1.00 bits per heavy atom. The summed E-state index contributed by atoms with van der Waals surface area (Å²) >= 11 is 0. The zero-order valence-electron chi connectivity index (χ0n) is 25.5. The van der Waals surface area contributed by atoms with Crippen molar-refractivity contribution in [3.05, 3.63) is 58.1 Å². The first-order valence-electron chi connectivity index (χ1n) is 14.0. The summed E-state index contributed by atoms with van der Waals surface area (Å²) in [6.45, 7) is 12.7. The lowest BCUT2D eigenvalue weighted by atomic mass is 10.00. The van der Waals surface area contributed by atoms with Crippen molar-refractivity contribution in [2.75, 3.05) is 47.4 Å². The van der Waals surface area contributed by atoms with Gasteiger partial charge < -0.3 is 14.5 Å². The van der Waals surface area contributed by atoms with E-state index in [9.17, 15) is 18.0 Å². The van der Waals surface area contributed by atoms with Crippen molar-refractivity contribution < 1.29 is 22.7 Å². The van der Waals surface area contributed by atoms with Crippen molar-refractivity contribution in [1.82, 2.24) is 14.1 Å². The highest BCUT2D eigenvalue weighted by Crippen LogP contribution is 2.27. The zero-order chi connectivity index (χ0) is 30.0. The minimum Gasteiger partial charge on any atom is -0.497 e. The largest absolute Gasteiger partial charge is 0.497 e. The molecule has 222 valence electrons. The number of ketones is 1. The number of carbonyl (C=O) groups is 2. The number of methoxy groups -OCH3 is 1. The maximum atomic E-state index is 12.6. The molecule has 40 heavy (non-hydrogen) atoms. The van der Waals surface area contributed by atoms with Gasteiger partial charge in [-0.2, -0.15) is 4.31 Å². The van der Waals surface area contributed by atoms with Crippen LogP contribution in [-0.4, -0.2) is 81.6 Å². The number of sulfonamides is 1. The second-order valence-corrected chi connectivity index (χ2v) is 12.6. The van der Waals surface area contributed by atoms with Crippen LogP contribution in [0.3, 0.4) is 0 Å². The van der Waals surface area contributed by atoms with Crippen LogP contribution < -0.4 is 4.74 Å². The van der Waals surface area contributed by atoms with Gasteiger partial charge in [-0.3, -0.25) is 9.59 Å². The van der Waals surface area contributed by atoms with E-state index in [1.165, 1.54) is 30.8 Å². The average Bonchev–Trinajstić information content (AvgIpc) is 3.07. The summed E-state index contributed by atoms with van der Waals surface area (Å²) in [6, 6.07) is 10.1. The van der Waals surface area contributed by atoms with Crippen molar-refractivity contribution in [2.24, 2.45) is 0 Å². The molecule has 0 N–H and O–H groups in total. The topological polar surface area (TPSA) is 87.2 Å². The molecule has 1 aliphatic heterocycles. The van der Waals surface area contributed by atoms with Crippen LogP contribution >= 0.6 is 0 Å². The Balaban J connectivity index is 0.000000281. The third-order valence-electron chi connectivity index (χ3n) is 7.26. The molecule has 0 saturated heterocycles. The number of ether oxygens (including phenoxy) is 1. The Kier molecular flexibility index (Phi) is 12.8. The van der Waals surface area contributed by atoms with Gasteiger partial charge in [-0.25, -0.2) is 8.42 Å². The normalized spacial score (nSPS) is 13.6. The number of hydrogen-bond donors (Lipinski definition) is 0. The van der Waals surface area contributed by atoms with Crippen molar-refractivity contribution in [2.45, 2.75) is 71.7 Å². The van der Waals surface area contributed by atoms with E-state index in [1.54, 1.807) is 32.9 Å². The lowest BCUT2D eigenvalue weighted by molar-refractivity contribution is -0.129. The summed E-state index contributed by atoms with van der Waals surface area (Å²) in [4.78, 5) is 27.7. The maximum Gasteiger partial charge on any atom is 0.243 e. The fourth-order valence-corrected chi connectivity index (χ4v) is 6.49. The van der Waals surface area contributed by atoms with Crippen LogP contribution in [0.5, 0.6) is 5.75 Å². The highest BCUT2D eigenvalue weighted by molar-refractivity contribution is 7.89. The maximum absolute atomic E-state index is 12.6. The molecule has 0 atom stereocenters. The van der Waals surface area contributed by atoms with E-state index in [2.05, 4.69) is 30.1 Å². The minimum atomic E-state index is -3.68. The summed E-state index contributed by atoms with van der Waals surface area (Å²) in [5.41, 5.74) is 5.41. The molecule has 1 aliphatic rings. The number of amides is 1. The zero-order valence-corrected chi connectivity index (χ0v) is 26.4. The van der Waals surface area contributed by atoms with Gasteiger partial charge in [0, 0.05) is 46.6 Å². The predicted octanol–water partition coefficient (Wildman–Crippen LogP) is 4.39. The molecular formula is C31H47N3O5S. The fraction of sp³-hybridized carbons (Fsp3) is 0.548. The number of aryl methyl sites for hydroxylation is 2. The van der Waals surface area contributed by atoms with Crippen LogP contribution in [0, 0.1) is 13.8 Å². The number of nitrogens with zero attached hydrogens (tertiary/aromatic N) is 3. The number of rotatable bonds is 10. The van der Waals surface area contributed by atoms with Crippen LogP contribution in [-0.2, 0) is 39.0 Å². The first-order valence-corrected chi connectivity index (χ1v) is 15.5. The second-order valence-electron chi connectivity index (χ2n) is 10.6. The molecule has 3 rings (SSSR count). The highest BCUT2D eigenvalue weighted by atomic mass is 32.2. The Morgan fingerprint density at radius 3 is 2.12 bits per heavy atom. The van der Waals surface area contributed by atoms with Gasteiger partial charge in [0.15, 0.2) is 0 Å². The number of likely N-dealkylation sites (N-methyl/N-ethyl adjacent to an activating group) is 2. The molecule has 0 radical (unpaired) electrons. The van der Waals surface area contributed by atoms with Crippen molar-refractivity contribution in [1.29, 1.82) is 0 Å². The molecule has 2 aromatic carbocycles. The van der Waals surface area contributed by atoms with Crippen LogP contribution in [0.15, 0.2) is 35.2 Å². The number of hydrogen-bond acceptors (Lipinski definition) is 6. The summed E-state index contributed by atoms with van der Waals surface area (Å²) in [5.74, 6) is 0.693. The van der Waals surface area contributed by atoms with E-state index in [0.29, 0.717) is 29.7 Å². The molecule has 0 aliphatic carbocycles. The molecular weight excluding hydrogens is 526 g/mol. The molecule has 1 heterocycles. The second kappa shape index (κ2) is 15.3. The van der Waals surface area contributed by atoms with E-state index in [4.69, 9.17) is 4.74 Å². The summed E-state index contributed by atoms with van der Waals surface area (Å²) in [7, 11) is 1.48.